The van der Waals surface area contributed by atoms with Crippen molar-refractivity contribution in [1.29, 1.82) is 0 Å². The number of hydrogen-bond acceptors (Lipinski definition) is 5. The van der Waals surface area contributed by atoms with Crippen LogP contribution in [0.25, 0.3) is 5.69 Å². The number of carbonyl (C=O) groups excluding carboxylic acids is 2. The molecule has 1 aliphatic heterocycles. The molecule has 3 aromatic rings. The average Bonchev–Trinajstić information content (AvgIpc) is 3.26. The second-order valence-corrected chi connectivity index (χ2v) is 8.57. The standard InChI is InChI=1S/C24H26N4O2S/c1-18-5-3-4-6-22(18)28-12-11-25-24(28)31-17-23(30)27-15-13-26(14-16-27)21-9-7-20(8-10-21)19(2)29/h3-12H,13-17H2,1-2H3. The van der Waals surface area contributed by atoms with E-state index in [9.17, 15) is 9.59 Å². The Morgan fingerprint density at radius 3 is 2.39 bits per heavy atom. The van der Waals surface area contributed by atoms with Gasteiger partial charge in [-0.2, -0.15) is 0 Å². The summed E-state index contributed by atoms with van der Waals surface area (Å²) < 4.78 is 2.04. The third-order valence-corrected chi connectivity index (χ3v) is 6.53. The Kier molecular flexibility index (Phi) is 6.42. The molecule has 1 amide bonds. The van der Waals surface area contributed by atoms with Gasteiger partial charge in [-0.25, -0.2) is 4.98 Å². The molecule has 0 unspecified atom stereocenters. The van der Waals surface area contributed by atoms with Crippen LogP contribution in [0.1, 0.15) is 22.8 Å². The maximum Gasteiger partial charge on any atom is 0.233 e. The zero-order valence-electron chi connectivity index (χ0n) is 17.8. The Hall–Kier alpha value is -3.06. The summed E-state index contributed by atoms with van der Waals surface area (Å²) in [6, 6.07) is 15.8. The quantitative estimate of drug-likeness (QED) is 0.436. The highest BCUT2D eigenvalue weighted by molar-refractivity contribution is 7.99. The van der Waals surface area contributed by atoms with Crippen LogP contribution < -0.4 is 4.90 Å². The average molecular weight is 435 g/mol. The Bertz CT molecular complexity index is 1070. The van der Waals surface area contributed by atoms with Crippen molar-refractivity contribution < 1.29 is 9.59 Å². The number of rotatable bonds is 6. The summed E-state index contributed by atoms with van der Waals surface area (Å²) in [5.74, 6) is 0.578. The van der Waals surface area contributed by atoms with E-state index in [4.69, 9.17) is 0 Å². The SMILES string of the molecule is CC(=O)c1ccc(N2CCN(C(=O)CSc3nccn3-c3ccccc3C)CC2)cc1. The van der Waals surface area contributed by atoms with Crippen molar-refractivity contribution in [2.45, 2.75) is 19.0 Å². The van der Waals surface area contributed by atoms with Crippen LogP contribution in [0.15, 0.2) is 66.1 Å². The lowest BCUT2D eigenvalue weighted by Crippen LogP contribution is -2.49. The molecule has 2 aromatic carbocycles. The van der Waals surface area contributed by atoms with Crippen molar-refractivity contribution >= 4 is 29.1 Å². The number of para-hydroxylation sites is 1. The molecule has 31 heavy (non-hydrogen) atoms. The second-order valence-electron chi connectivity index (χ2n) is 7.63. The van der Waals surface area contributed by atoms with Crippen molar-refractivity contribution in [2.24, 2.45) is 0 Å². The first kappa shape index (κ1) is 21.2. The van der Waals surface area contributed by atoms with Gasteiger partial charge >= 0.3 is 0 Å². The topological polar surface area (TPSA) is 58.4 Å². The van der Waals surface area contributed by atoms with E-state index in [0.29, 0.717) is 18.8 Å². The monoisotopic (exact) mass is 434 g/mol. The van der Waals surface area contributed by atoms with Gasteiger partial charge in [0.15, 0.2) is 10.9 Å². The number of anilines is 1. The summed E-state index contributed by atoms with van der Waals surface area (Å²) in [5, 5.41) is 0.826. The largest absolute Gasteiger partial charge is 0.368 e. The lowest BCUT2D eigenvalue weighted by Gasteiger charge is -2.36. The first-order valence-electron chi connectivity index (χ1n) is 10.4. The third-order valence-electron chi connectivity index (χ3n) is 5.58. The molecule has 4 rings (SSSR count). The highest BCUT2D eigenvalue weighted by atomic mass is 32.2. The molecule has 0 aliphatic carbocycles. The van der Waals surface area contributed by atoms with Crippen LogP contribution in [-0.2, 0) is 4.79 Å². The van der Waals surface area contributed by atoms with E-state index in [0.717, 1.165) is 35.2 Å². The molecule has 0 saturated carbocycles. The van der Waals surface area contributed by atoms with Gasteiger partial charge in [0.25, 0.3) is 0 Å². The summed E-state index contributed by atoms with van der Waals surface area (Å²) in [4.78, 5) is 32.9. The van der Waals surface area contributed by atoms with Gasteiger partial charge in [-0.1, -0.05) is 30.0 Å². The van der Waals surface area contributed by atoms with Gasteiger partial charge in [0, 0.05) is 49.8 Å². The minimum Gasteiger partial charge on any atom is -0.368 e. The Morgan fingerprint density at radius 2 is 1.71 bits per heavy atom. The molecular weight excluding hydrogens is 408 g/mol. The van der Waals surface area contributed by atoms with Gasteiger partial charge in [0.05, 0.1) is 11.4 Å². The van der Waals surface area contributed by atoms with Gasteiger partial charge in [-0.05, 0) is 49.7 Å². The van der Waals surface area contributed by atoms with Crippen molar-refractivity contribution in [3.05, 3.63) is 72.1 Å². The number of aromatic nitrogens is 2. The van der Waals surface area contributed by atoms with Crippen molar-refractivity contribution in [1.82, 2.24) is 14.5 Å². The van der Waals surface area contributed by atoms with E-state index in [2.05, 4.69) is 28.9 Å². The van der Waals surface area contributed by atoms with Gasteiger partial charge in [-0.15, -0.1) is 0 Å². The van der Waals surface area contributed by atoms with Crippen molar-refractivity contribution in [3.8, 4) is 5.69 Å². The van der Waals surface area contributed by atoms with Crippen LogP contribution in [0.4, 0.5) is 5.69 Å². The lowest BCUT2D eigenvalue weighted by molar-refractivity contribution is -0.128. The molecule has 1 aliphatic rings. The molecule has 0 N–H and O–H groups in total. The number of piperazine rings is 1. The van der Waals surface area contributed by atoms with Crippen molar-refractivity contribution in [3.63, 3.8) is 0 Å². The normalized spacial score (nSPS) is 14.0. The fourth-order valence-corrected chi connectivity index (χ4v) is 4.62. The molecule has 7 heteroatoms. The highest BCUT2D eigenvalue weighted by Crippen LogP contribution is 2.23. The first-order valence-corrected chi connectivity index (χ1v) is 11.4. The zero-order valence-corrected chi connectivity index (χ0v) is 18.6. The van der Waals surface area contributed by atoms with Crippen LogP contribution in [-0.4, -0.2) is 58.1 Å². The minimum atomic E-state index is 0.0718. The van der Waals surface area contributed by atoms with Gasteiger partial charge in [-0.3, -0.25) is 14.2 Å². The molecular formula is C24H26N4O2S. The fourth-order valence-electron chi connectivity index (χ4n) is 3.75. The second kappa shape index (κ2) is 9.39. The number of amides is 1. The van der Waals surface area contributed by atoms with E-state index in [1.54, 1.807) is 13.1 Å². The highest BCUT2D eigenvalue weighted by Gasteiger charge is 2.22. The molecule has 0 spiro atoms. The van der Waals surface area contributed by atoms with Gasteiger partial charge in [0.1, 0.15) is 0 Å². The first-order chi connectivity index (χ1) is 15.0. The molecule has 0 radical (unpaired) electrons. The molecule has 160 valence electrons. The predicted octanol–water partition coefficient (Wildman–Crippen LogP) is 3.82. The van der Waals surface area contributed by atoms with Crippen LogP contribution in [0, 0.1) is 6.92 Å². The maximum atomic E-state index is 12.8. The summed E-state index contributed by atoms with van der Waals surface area (Å²) >= 11 is 1.48. The van der Waals surface area contributed by atoms with Crippen LogP contribution >= 0.6 is 11.8 Å². The number of hydrogen-bond donors (Lipinski definition) is 0. The minimum absolute atomic E-state index is 0.0718. The predicted molar refractivity (Wildman–Crippen MR) is 124 cm³/mol. The molecule has 1 saturated heterocycles. The van der Waals surface area contributed by atoms with Crippen molar-refractivity contribution in [2.75, 3.05) is 36.8 Å². The summed E-state index contributed by atoms with van der Waals surface area (Å²) in [6.45, 7) is 6.61. The van der Waals surface area contributed by atoms with Crippen LogP contribution in [0.3, 0.4) is 0 Å². The number of benzene rings is 2. The number of thioether (sulfide) groups is 1. The zero-order chi connectivity index (χ0) is 21.8. The number of Topliss-reactive ketones (excluding diaryl/α,β-unsaturated/α-hetero) is 1. The van der Waals surface area contributed by atoms with Crippen LogP contribution in [0.2, 0.25) is 0 Å². The Morgan fingerprint density at radius 1 is 1.00 bits per heavy atom. The van der Waals surface area contributed by atoms with E-state index < -0.39 is 0 Å². The number of aryl methyl sites for hydroxylation is 1. The molecule has 0 bridgehead atoms. The number of imidazole rings is 1. The third kappa shape index (κ3) is 4.82. The summed E-state index contributed by atoms with van der Waals surface area (Å²) in [7, 11) is 0. The number of carbonyl (C=O) groups is 2. The van der Waals surface area contributed by atoms with Crippen LogP contribution in [0.5, 0.6) is 0 Å². The molecule has 2 heterocycles. The molecule has 1 fully saturated rings. The molecule has 6 nitrogen and oxygen atoms in total. The van der Waals surface area contributed by atoms with E-state index in [-0.39, 0.29) is 11.7 Å². The maximum absolute atomic E-state index is 12.8. The van der Waals surface area contributed by atoms with E-state index in [1.807, 2.05) is 52.1 Å². The number of nitrogens with zero attached hydrogens (tertiary/aromatic N) is 4. The Balaban J connectivity index is 1.32. The van der Waals surface area contributed by atoms with Gasteiger partial charge in [0.2, 0.25) is 5.91 Å². The molecule has 0 atom stereocenters. The summed E-state index contributed by atoms with van der Waals surface area (Å²) in [6.07, 6.45) is 3.71. The Labute approximate surface area is 186 Å². The smallest absolute Gasteiger partial charge is 0.233 e. The fraction of sp³-hybridized carbons (Fsp3) is 0.292. The molecule has 1 aromatic heterocycles. The summed E-state index contributed by atoms with van der Waals surface area (Å²) in [5.41, 5.74) is 4.06. The van der Waals surface area contributed by atoms with Gasteiger partial charge < -0.3 is 9.80 Å². The number of ketones is 1. The van der Waals surface area contributed by atoms with E-state index >= 15 is 0 Å². The lowest BCUT2D eigenvalue weighted by atomic mass is 10.1. The van der Waals surface area contributed by atoms with E-state index in [1.165, 1.54) is 17.3 Å².